The van der Waals surface area contributed by atoms with Gasteiger partial charge in [0.25, 0.3) is 5.95 Å². The number of anilines is 2. The Kier molecular flexibility index (Phi) is 4.43. The number of benzene rings is 1. The maximum absolute atomic E-state index is 6.12. The first-order chi connectivity index (χ1) is 16.2. The van der Waals surface area contributed by atoms with E-state index < -0.39 is 0 Å². The van der Waals surface area contributed by atoms with Crippen molar-refractivity contribution in [1.29, 1.82) is 0 Å². The molecule has 0 radical (unpaired) electrons. The van der Waals surface area contributed by atoms with Crippen molar-refractivity contribution in [2.24, 2.45) is 0 Å². The predicted octanol–water partition coefficient (Wildman–Crippen LogP) is 4.91. The maximum atomic E-state index is 6.12. The summed E-state index contributed by atoms with van der Waals surface area (Å²) in [6.45, 7) is 2.07. The van der Waals surface area contributed by atoms with E-state index in [-0.39, 0.29) is 0 Å². The smallest absolute Gasteiger partial charge is 0.253 e. The Labute approximate surface area is 188 Å². The minimum Gasteiger partial charge on any atom is -0.450 e. The maximum Gasteiger partial charge on any atom is 0.253 e. The molecule has 0 amide bonds. The van der Waals surface area contributed by atoms with Crippen molar-refractivity contribution < 1.29 is 4.42 Å². The van der Waals surface area contributed by atoms with Gasteiger partial charge in [0, 0.05) is 42.0 Å². The summed E-state index contributed by atoms with van der Waals surface area (Å²) in [7, 11) is 0. The monoisotopic (exact) mass is 434 g/mol. The zero-order chi connectivity index (χ0) is 22.2. The van der Waals surface area contributed by atoms with Crippen LogP contribution in [0.2, 0.25) is 0 Å². The van der Waals surface area contributed by atoms with E-state index in [1.165, 1.54) is 5.56 Å². The molecule has 0 saturated carbocycles. The molecule has 6 rings (SSSR count). The number of aromatic nitrogens is 7. The minimum atomic E-state index is 0.422. The number of pyridine rings is 1. The number of aromatic amines is 1. The second-order valence-electron chi connectivity index (χ2n) is 7.59. The third-order valence-corrected chi connectivity index (χ3v) is 5.21. The molecule has 0 aliphatic carbocycles. The highest BCUT2D eigenvalue weighted by Crippen LogP contribution is 2.32. The lowest BCUT2D eigenvalue weighted by Gasteiger charge is -2.06. The van der Waals surface area contributed by atoms with E-state index in [0.717, 1.165) is 22.4 Å². The molecule has 2 N–H and O–H groups in total. The summed E-state index contributed by atoms with van der Waals surface area (Å²) in [6, 6.07) is 13.9. The second-order valence-corrected chi connectivity index (χ2v) is 7.59. The molecule has 6 aromatic rings. The SMILES string of the molecule is Cc1cccc(-c2cnn(-c3nc(Nc4cn[nH]c4)c4oc(-c5cccnc5)cc4n3)c2)c1. The van der Waals surface area contributed by atoms with Crippen LogP contribution in [-0.4, -0.2) is 34.9 Å². The molecule has 0 fully saturated rings. The molecule has 0 aliphatic rings. The van der Waals surface area contributed by atoms with Crippen molar-refractivity contribution >= 4 is 22.6 Å². The third kappa shape index (κ3) is 3.61. The van der Waals surface area contributed by atoms with Gasteiger partial charge in [-0.05, 0) is 24.6 Å². The number of rotatable bonds is 5. The van der Waals surface area contributed by atoms with Gasteiger partial charge in [-0.15, -0.1) is 0 Å². The van der Waals surface area contributed by atoms with E-state index >= 15 is 0 Å². The summed E-state index contributed by atoms with van der Waals surface area (Å²) in [5.74, 6) is 1.59. The lowest BCUT2D eigenvalue weighted by molar-refractivity contribution is 0.629. The van der Waals surface area contributed by atoms with E-state index in [9.17, 15) is 0 Å². The Balaban J connectivity index is 1.47. The van der Waals surface area contributed by atoms with E-state index in [1.54, 1.807) is 29.5 Å². The fourth-order valence-electron chi connectivity index (χ4n) is 3.62. The normalized spacial score (nSPS) is 11.2. The van der Waals surface area contributed by atoms with Crippen LogP contribution in [0.15, 0.2) is 84.1 Å². The Bertz CT molecular complexity index is 1550. The minimum absolute atomic E-state index is 0.422. The molecule has 0 atom stereocenters. The van der Waals surface area contributed by atoms with Gasteiger partial charge in [-0.3, -0.25) is 10.1 Å². The zero-order valence-corrected chi connectivity index (χ0v) is 17.6. The topological polar surface area (TPSA) is 110 Å². The fraction of sp³-hybridized carbons (Fsp3) is 0.0417. The van der Waals surface area contributed by atoms with Crippen LogP contribution in [0, 0.1) is 6.92 Å². The molecule has 0 bridgehead atoms. The van der Waals surface area contributed by atoms with Crippen LogP contribution in [0.1, 0.15) is 5.56 Å². The summed E-state index contributed by atoms with van der Waals surface area (Å²) in [4.78, 5) is 13.6. The van der Waals surface area contributed by atoms with Crippen molar-refractivity contribution in [3.8, 4) is 28.4 Å². The highest BCUT2D eigenvalue weighted by molar-refractivity contribution is 5.89. The van der Waals surface area contributed by atoms with E-state index in [0.29, 0.717) is 28.6 Å². The molecule has 160 valence electrons. The molecule has 5 heterocycles. The highest BCUT2D eigenvalue weighted by Gasteiger charge is 2.17. The van der Waals surface area contributed by atoms with Crippen LogP contribution < -0.4 is 5.32 Å². The molecule has 9 nitrogen and oxygen atoms in total. The highest BCUT2D eigenvalue weighted by atomic mass is 16.3. The van der Waals surface area contributed by atoms with Gasteiger partial charge in [-0.25, -0.2) is 9.67 Å². The Morgan fingerprint density at radius 1 is 0.970 bits per heavy atom. The van der Waals surface area contributed by atoms with Crippen LogP contribution in [0.25, 0.3) is 39.5 Å². The molecule has 1 aromatic carbocycles. The zero-order valence-electron chi connectivity index (χ0n) is 17.6. The number of furan rings is 1. The number of nitrogens with zero attached hydrogens (tertiary/aromatic N) is 6. The average Bonchev–Trinajstić information content (AvgIpc) is 3.60. The largest absolute Gasteiger partial charge is 0.450 e. The van der Waals surface area contributed by atoms with E-state index in [4.69, 9.17) is 14.4 Å². The number of fused-ring (bicyclic) bond motifs is 1. The molecule has 5 aromatic heterocycles. The van der Waals surface area contributed by atoms with E-state index in [2.05, 4.69) is 50.7 Å². The summed E-state index contributed by atoms with van der Waals surface area (Å²) in [5, 5.41) is 14.5. The van der Waals surface area contributed by atoms with Gasteiger partial charge in [0.2, 0.25) is 0 Å². The number of hydrogen-bond donors (Lipinski definition) is 2. The van der Waals surface area contributed by atoms with Crippen LogP contribution >= 0.6 is 0 Å². The second kappa shape index (κ2) is 7.72. The quantitative estimate of drug-likeness (QED) is 0.396. The Hall–Kier alpha value is -4.79. The summed E-state index contributed by atoms with van der Waals surface area (Å²) >= 11 is 0. The van der Waals surface area contributed by atoms with E-state index in [1.807, 2.05) is 36.7 Å². The van der Waals surface area contributed by atoms with Gasteiger partial charge in [0.1, 0.15) is 11.3 Å². The molecule has 9 heteroatoms. The molecule has 0 saturated heterocycles. The first-order valence-corrected chi connectivity index (χ1v) is 10.3. The summed E-state index contributed by atoms with van der Waals surface area (Å²) in [6.07, 6.45) is 10.6. The van der Waals surface area contributed by atoms with Crippen molar-refractivity contribution in [2.45, 2.75) is 6.92 Å². The number of H-pyrrole nitrogens is 1. The summed E-state index contributed by atoms with van der Waals surface area (Å²) in [5.41, 5.74) is 6.04. The fourth-order valence-corrected chi connectivity index (χ4v) is 3.62. The van der Waals surface area contributed by atoms with Gasteiger partial charge >= 0.3 is 0 Å². The molecular formula is C24H18N8O. The van der Waals surface area contributed by atoms with Gasteiger partial charge in [-0.1, -0.05) is 29.8 Å². The van der Waals surface area contributed by atoms with Crippen molar-refractivity contribution in [3.05, 3.63) is 85.2 Å². The van der Waals surface area contributed by atoms with Gasteiger partial charge in [-0.2, -0.15) is 15.2 Å². The molecule has 0 unspecified atom stereocenters. The van der Waals surface area contributed by atoms with Gasteiger partial charge in [0.05, 0.1) is 18.1 Å². The lowest BCUT2D eigenvalue weighted by Crippen LogP contribution is -2.04. The molecule has 33 heavy (non-hydrogen) atoms. The molecular weight excluding hydrogens is 416 g/mol. The van der Waals surface area contributed by atoms with Crippen LogP contribution in [0.4, 0.5) is 11.5 Å². The van der Waals surface area contributed by atoms with Gasteiger partial charge < -0.3 is 9.73 Å². The Morgan fingerprint density at radius 2 is 1.91 bits per heavy atom. The first-order valence-electron chi connectivity index (χ1n) is 10.3. The predicted molar refractivity (Wildman–Crippen MR) is 124 cm³/mol. The number of hydrogen-bond acceptors (Lipinski definition) is 7. The van der Waals surface area contributed by atoms with Crippen LogP contribution in [-0.2, 0) is 0 Å². The number of aryl methyl sites for hydroxylation is 1. The Morgan fingerprint density at radius 3 is 2.73 bits per heavy atom. The van der Waals surface area contributed by atoms with Crippen molar-refractivity contribution in [1.82, 2.24) is 34.9 Å². The molecule has 0 aliphatic heterocycles. The van der Waals surface area contributed by atoms with Crippen molar-refractivity contribution in [3.63, 3.8) is 0 Å². The van der Waals surface area contributed by atoms with Gasteiger partial charge in [0.15, 0.2) is 11.4 Å². The summed E-state index contributed by atoms with van der Waals surface area (Å²) < 4.78 is 7.79. The lowest BCUT2D eigenvalue weighted by atomic mass is 10.1. The first kappa shape index (κ1) is 18.9. The number of nitrogens with one attached hydrogen (secondary N) is 2. The standard InChI is InChI=1S/C24H18N8O/c1-15-4-2-5-16(8-15)18-11-28-32(14-18)24-30-20-9-21(17-6-3-7-25-10-17)33-22(20)23(31-24)29-19-12-26-27-13-19/h2-14H,1H3,(H,26,27)(H,29,30,31). The van der Waals surface area contributed by atoms with Crippen LogP contribution in [0.3, 0.4) is 0 Å². The third-order valence-electron chi connectivity index (χ3n) is 5.21. The molecule has 0 spiro atoms. The van der Waals surface area contributed by atoms with Crippen molar-refractivity contribution in [2.75, 3.05) is 5.32 Å². The van der Waals surface area contributed by atoms with Crippen LogP contribution in [0.5, 0.6) is 0 Å². The average molecular weight is 434 g/mol.